The maximum atomic E-state index is 11.7. The summed E-state index contributed by atoms with van der Waals surface area (Å²) >= 11 is 1.99. The van der Waals surface area contributed by atoms with Crippen LogP contribution in [-0.2, 0) is 4.79 Å². The first kappa shape index (κ1) is 17.1. The normalized spacial score (nSPS) is 23.2. The van der Waals surface area contributed by atoms with Crippen molar-refractivity contribution in [2.45, 2.75) is 50.3 Å². The van der Waals surface area contributed by atoms with Gasteiger partial charge in [0.15, 0.2) is 0 Å². The lowest BCUT2D eigenvalue weighted by atomic mass is 10.2. The molecule has 0 bridgehead atoms. The van der Waals surface area contributed by atoms with Crippen molar-refractivity contribution in [3.63, 3.8) is 0 Å². The minimum atomic E-state index is 0. The van der Waals surface area contributed by atoms with E-state index in [4.69, 9.17) is 0 Å². The van der Waals surface area contributed by atoms with Crippen LogP contribution >= 0.6 is 24.2 Å². The van der Waals surface area contributed by atoms with Gasteiger partial charge in [0, 0.05) is 17.7 Å². The van der Waals surface area contributed by atoms with Gasteiger partial charge in [-0.2, -0.15) is 11.8 Å². The van der Waals surface area contributed by atoms with Crippen LogP contribution in [0.1, 0.15) is 39.0 Å². The van der Waals surface area contributed by atoms with Gasteiger partial charge in [0.05, 0.1) is 0 Å². The average molecular weight is 281 g/mol. The fourth-order valence-electron chi connectivity index (χ4n) is 2.21. The van der Waals surface area contributed by atoms with Crippen molar-refractivity contribution in [2.24, 2.45) is 0 Å². The van der Waals surface area contributed by atoms with Gasteiger partial charge in [0.2, 0.25) is 5.91 Å². The summed E-state index contributed by atoms with van der Waals surface area (Å²) in [5, 5.41) is 6.90. The number of thioether (sulfide) groups is 1. The van der Waals surface area contributed by atoms with Crippen molar-refractivity contribution >= 4 is 30.1 Å². The molecule has 0 aromatic heterocycles. The highest BCUT2D eigenvalue weighted by Gasteiger charge is 2.27. The molecular weight excluding hydrogens is 256 g/mol. The predicted molar refractivity (Wildman–Crippen MR) is 78.1 cm³/mol. The number of halogens is 1. The molecule has 1 amide bonds. The Balaban J connectivity index is 0.00000256. The summed E-state index contributed by atoms with van der Waals surface area (Å²) in [5.41, 5.74) is 0. The van der Waals surface area contributed by atoms with E-state index in [9.17, 15) is 4.79 Å². The second kappa shape index (κ2) is 10.0. The lowest BCUT2D eigenvalue weighted by Crippen LogP contribution is -2.38. The van der Waals surface area contributed by atoms with Crippen LogP contribution in [-0.4, -0.2) is 36.5 Å². The number of amides is 1. The number of hydrogen-bond donors (Lipinski definition) is 2. The van der Waals surface area contributed by atoms with Crippen LogP contribution < -0.4 is 10.6 Å². The van der Waals surface area contributed by atoms with Gasteiger partial charge in [-0.15, -0.1) is 12.4 Å². The Morgan fingerprint density at radius 2 is 2.18 bits per heavy atom. The third-order valence-corrected chi connectivity index (χ3v) is 4.34. The highest BCUT2D eigenvalue weighted by atomic mass is 35.5. The summed E-state index contributed by atoms with van der Waals surface area (Å²) in [7, 11) is 1.92. The Kier molecular flexibility index (Phi) is 10.1. The zero-order valence-corrected chi connectivity index (χ0v) is 12.5. The van der Waals surface area contributed by atoms with E-state index in [-0.39, 0.29) is 18.3 Å². The van der Waals surface area contributed by atoms with Gasteiger partial charge >= 0.3 is 0 Å². The van der Waals surface area contributed by atoms with Gasteiger partial charge in [-0.25, -0.2) is 0 Å². The molecule has 2 atom stereocenters. The molecule has 2 N–H and O–H groups in total. The monoisotopic (exact) mass is 280 g/mol. The van der Waals surface area contributed by atoms with E-state index in [0.717, 1.165) is 25.1 Å². The Bertz CT molecular complexity index is 217. The van der Waals surface area contributed by atoms with E-state index in [0.29, 0.717) is 17.7 Å². The molecule has 102 valence electrons. The molecule has 0 aliphatic heterocycles. The lowest BCUT2D eigenvalue weighted by Gasteiger charge is -2.20. The molecule has 0 heterocycles. The molecule has 17 heavy (non-hydrogen) atoms. The van der Waals surface area contributed by atoms with Gasteiger partial charge in [-0.1, -0.05) is 13.3 Å². The number of nitrogens with one attached hydrogen (secondary N) is 2. The zero-order chi connectivity index (χ0) is 11.8. The first-order valence-corrected chi connectivity index (χ1v) is 7.38. The van der Waals surface area contributed by atoms with E-state index >= 15 is 0 Å². The third kappa shape index (κ3) is 6.53. The number of rotatable bonds is 7. The fourth-order valence-corrected chi connectivity index (χ4v) is 3.41. The molecule has 2 unspecified atom stereocenters. The van der Waals surface area contributed by atoms with Crippen molar-refractivity contribution in [1.82, 2.24) is 10.6 Å². The van der Waals surface area contributed by atoms with E-state index < -0.39 is 0 Å². The van der Waals surface area contributed by atoms with Gasteiger partial charge in [-0.05, 0) is 38.6 Å². The van der Waals surface area contributed by atoms with Gasteiger partial charge in [0.25, 0.3) is 0 Å². The Morgan fingerprint density at radius 3 is 2.82 bits per heavy atom. The van der Waals surface area contributed by atoms with Gasteiger partial charge < -0.3 is 10.6 Å². The number of hydrogen-bond acceptors (Lipinski definition) is 3. The topological polar surface area (TPSA) is 41.1 Å². The molecular formula is C12H25ClN2OS. The SMILES string of the molecule is CCSC1CCCC1NC(=O)CCCNC.Cl. The van der Waals surface area contributed by atoms with Crippen LogP contribution in [0.2, 0.25) is 0 Å². The molecule has 1 aliphatic rings. The van der Waals surface area contributed by atoms with E-state index in [1.54, 1.807) is 0 Å². The van der Waals surface area contributed by atoms with Gasteiger partial charge in [0.1, 0.15) is 0 Å². The quantitative estimate of drug-likeness (QED) is 0.703. The maximum absolute atomic E-state index is 11.7. The first-order valence-electron chi connectivity index (χ1n) is 6.33. The van der Waals surface area contributed by atoms with Crippen molar-refractivity contribution in [3.8, 4) is 0 Å². The standard InChI is InChI=1S/C12H24N2OS.ClH/c1-3-16-11-7-4-6-10(11)14-12(15)8-5-9-13-2;/h10-11,13H,3-9H2,1-2H3,(H,14,15);1H. The number of carbonyl (C=O) groups excluding carboxylic acids is 1. The molecule has 1 saturated carbocycles. The predicted octanol–water partition coefficient (Wildman–Crippen LogP) is 2.20. The summed E-state index contributed by atoms with van der Waals surface area (Å²) in [6, 6.07) is 0.423. The molecule has 0 spiro atoms. The molecule has 1 rings (SSSR count). The zero-order valence-electron chi connectivity index (χ0n) is 10.8. The average Bonchev–Trinajstić information content (AvgIpc) is 2.67. The van der Waals surface area contributed by atoms with Crippen LogP contribution in [0.3, 0.4) is 0 Å². The lowest BCUT2D eigenvalue weighted by molar-refractivity contribution is -0.121. The smallest absolute Gasteiger partial charge is 0.220 e. The third-order valence-electron chi connectivity index (χ3n) is 3.01. The minimum Gasteiger partial charge on any atom is -0.352 e. The maximum Gasteiger partial charge on any atom is 0.220 e. The summed E-state index contributed by atoms with van der Waals surface area (Å²) in [6.07, 6.45) is 5.27. The second-order valence-electron chi connectivity index (χ2n) is 4.31. The summed E-state index contributed by atoms with van der Waals surface area (Å²) in [5.74, 6) is 1.38. The summed E-state index contributed by atoms with van der Waals surface area (Å²) in [4.78, 5) is 11.7. The fraction of sp³-hybridized carbons (Fsp3) is 0.917. The van der Waals surface area contributed by atoms with Crippen molar-refractivity contribution in [3.05, 3.63) is 0 Å². The second-order valence-corrected chi connectivity index (χ2v) is 5.82. The highest BCUT2D eigenvalue weighted by Crippen LogP contribution is 2.29. The Hall–Kier alpha value is 0.0700. The molecule has 3 nitrogen and oxygen atoms in total. The molecule has 0 saturated heterocycles. The summed E-state index contributed by atoms with van der Waals surface area (Å²) in [6.45, 7) is 3.11. The molecule has 1 aliphatic carbocycles. The Labute approximate surface area is 115 Å². The van der Waals surface area contributed by atoms with Crippen LogP contribution in [0.15, 0.2) is 0 Å². The van der Waals surface area contributed by atoms with Crippen molar-refractivity contribution < 1.29 is 4.79 Å². The van der Waals surface area contributed by atoms with E-state index in [2.05, 4.69) is 17.6 Å². The van der Waals surface area contributed by atoms with Gasteiger partial charge in [-0.3, -0.25) is 4.79 Å². The Morgan fingerprint density at radius 1 is 1.41 bits per heavy atom. The molecule has 5 heteroatoms. The summed E-state index contributed by atoms with van der Waals surface area (Å²) < 4.78 is 0. The largest absolute Gasteiger partial charge is 0.352 e. The van der Waals surface area contributed by atoms with Crippen molar-refractivity contribution in [1.29, 1.82) is 0 Å². The van der Waals surface area contributed by atoms with Crippen LogP contribution in [0.5, 0.6) is 0 Å². The first-order chi connectivity index (χ1) is 7.77. The molecule has 0 aromatic carbocycles. The van der Waals surface area contributed by atoms with Crippen molar-refractivity contribution in [2.75, 3.05) is 19.3 Å². The minimum absolute atomic E-state index is 0. The van der Waals surface area contributed by atoms with Crippen LogP contribution in [0.4, 0.5) is 0 Å². The molecule has 0 aromatic rings. The van der Waals surface area contributed by atoms with Crippen LogP contribution in [0, 0.1) is 0 Å². The highest BCUT2D eigenvalue weighted by molar-refractivity contribution is 7.99. The van der Waals surface area contributed by atoms with Crippen LogP contribution in [0.25, 0.3) is 0 Å². The van der Waals surface area contributed by atoms with E-state index in [1.807, 2.05) is 18.8 Å². The van der Waals surface area contributed by atoms with E-state index in [1.165, 1.54) is 12.8 Å². The number of carbonyl (C=O) groups is 1. The molecule has 1 fully saturated rings. The molecule has 0 radical (unpaired) electrons.